The van der Waals surface area contributed by atoms with Crippen LogP contribution in [0.5, 0.6) is 11.5 Å². The highest BCUT2D eigenvalue weighted by atomic mass is 35.5. The highest BCUT2D eigenvalue weighted by Gasteiger charge is 2.25. The number of para-hydroxylation sites is 2. The third-order valence-electron chi connectivity index (χ3n) is 9.92. The van der Waals surface area contributed by atoms with Crippen LogP contribution in [0.1, 0.15) is 45.7 Å². The molecule has 0 aliphatic heterocycles. The third-order valence-corrected chi connectivity index (χ3v) is 14.9. The normalized spacial score (nSPS) is 11.5. The summed E-state index contributed by atoms with van der Waals surface area (Å²) < 4.78 is 62.0. The SMILES string of the molecule is CCNCCc1ccc(OC)c(Nc2ncc(Cl)c(Nc3ccccc3S(=O)(=O)C(C)C)n2)c1.COc1ccc(CCN)cc1Nc1ncc(Cl)c(Nc2ccccc2S(=O)(=O)C(C)C)n1. The van der Waals surface area contributed by atoms with Crippen molar-refractivity contribution in [3.63, 3.8) is 0 Å². The maximum absolute atomic E-state index is 12.8. The average Bonchev–Trinajstić information content (AvgIpc) is 3.29. The smallest absolute Gasteiger partial charge is 0.229 e. The summed E-state index contributed by atoms with van der Waals surface area (Å²) in [7, 11) is -3.85. The lowest BCUT2D eigenvalue weighted by atomic mass is 10.1. The van der Waals surface area contributed by atoms with Gasteiger partial charge in [0.1, 0.15) is 21.5 Å². The summed E-state index contributed by atoms with van der Waals surface area (Å²) in [4.78, 5) is 17.8. The Morgan fingerprint density at radius 3 is 1.42 bits per heavy atom. The highest BCUT2D eigenvalue weighted by Crippen LogP contribution is 2.34. The Morgan fingerprint density at radius 2 is 1.03 bits per heavy atom. The van der Waals surface area contributed by atoms with Crippen molar-refractivity contribution in [3.8, 4) is 11.5 Å². The number of sulfone groups is 2. The molecule has 4 aromatic carbocycles. The maximum atomic E-state index is 12.8. The summed E-state index contributed by atoms with van der Waals surface area (Å²) in [6.07, 6.45) is 4.48. The zero-order chi connectivity index (χ0) is 48.0. The quantitative estimate of drug-likeness (QED) is 0.0392. The van der Waals surface area contributed by atoms with Gasteiger partial charge in [0.25, 0.3) is 0 Å². The Labute approximate surface area is 397 Å². The van der Waals surface area contributed by atoms with Gasteiger partial charge in [0.15, 0.2) is 31.3 Å². The molecule has 0 amide bonds. The highest BCUT2D eigenvalue weighted by molar-refractivity contribution is 7.92. The molecule has 0 saturated heterocycles. The lowest BCUT2D eigenvalue weighted by Gasteiger charge is -2.16. The van der Waals surface area contributed by atoms with Crippen LogP contribution in [0.25, 0.3) is 0 Å². The molecule has 352 valence electrons. The summed E-state index contributed by atoms with van der Waals surface area (Å²) in [5, 5.41) is 15.1. The van der Waals surface area contributed by atoms with Crippen LogP contribution < -0.4 is 41.8 Å². The van der Waals surface area contributed by atoms with E-state index in [0.29, 0.717) is 53.2 Å². The van der Waals surface area contributed by atoms with E-state index in [-0.39, 0.29) is 37.4 Å². The summed E-state index contributed by atoms with van der Waals surface area (Å²) >= 11 is 12.6. The van der Waals surface area contributed by atoms with E-state index < -0.39 is 30.2 Å². The molecule has 0 atom stereocenters. The number of ether oxygens (including phenoxy) is 2. The van der Waals surface area contributed by atoms with Crippen molar-refractivity contribution in [1.82, 2.24) is 25.3 Å². The van der Waals surface area contributed by atoms with Gasteiger partial charge in [0.05, 0.1) is 69.7 Å². The molecule has 2 aromatic heterocycles. The van der Waals surface area contributed by atoms with Gasteiger partial charge in [0.2, 0.25) is 11.9 Å². The minimum atomic E-state index is -3.51. The van der Waals surface area contributed by atoms with Crippen LogP contribution in [-0.4, -0.2) is 81.1 Å². The van der Waals surface area contributed by atoms with Crippen molar-refractivity contribution in [1.29, 1.82) is 0 Å². The maximum Gasteiger partial charge on any atom is 0.229 e. The molecule has 2 heterocycles. The Bertz CT molecular complexity index is 2820. The van der Waals surface area contributed by atoms with Crippen LogP contribution >= 0.6 is 23.2 Å². The fourth-order valence-corrected chi connectivity index (χ4v) is 8.94. The van der Waals surface area contributed by atoms with E-state index >= 15 is 0 Å². The minimum absolute atomic E-state index is 0.176. The van der Waals surface area contributed by atoms with E-state index in [4.69, 9.17) is 38.4 Å². The number of nitrogens with one attached hydrogen (secondary N) is 5. The molecule has 7 N–H and O–H groups in total. The molecular formula is C46H56Cl2N10O6S2. The predicted octanol–water partition coefficient (Wildman–Crippen LogP) is 9.27. The number of methoxy groups -OCH3 is 2. The molecule has 0 fully saturated rings. The molecule has 0 spiro atoms. The van der Waals surface area contributed by atoms with Crippen LogP contribution in [0, 0.1) is 0 Å². The average molecular weight is 980 g/mol. The van der Waals surface area contributed by atoms with E-state index in [0.717, 1.165) is 30.6 Å². The summed E-state index contributed by atoms with van der Waals surface area (Å²) in [6, 6.07) is 24.9. The summed E-state index contributed by atoms with van der Waals surface area (Å²) in [5.74, 6) is 2.38. The molecular weight excluding hydrogens is 924 g/mol. The lowest BCUT2D eigenvalue weighted by Crippen LogP contribution is -2.16. The van der Waals surface area contributed by atoms with Crippen molar-refractivity contribution < 1.29 is 26.3 Å². The van der Waals surface area contributed by atoms with E-state index in [1.54, 1.807) is 90.4 Å². The first kappa shape index (κ1) is 51.2. The fraction of sp³-hybridized carbons (Fsp3) is 0.304. The predicted molar refractivity (Wildman–Crippen MR) is 266 cm³/mol. The first-order valence-corrected chi connectivity index (χ1v) is 24.9. The monoisotopic (exact) mass is 978 g/mol. The van der Waals surface area contributed by atoms with E-state index in [9.17, 15) is 16.8 Å². The van der Waals surface area contributed by atoms with Crippen molar-refractivity contribution in [2.24, 2.45) is 5.73 Å². The molecule has 6 aromatic rings. The minimum Gasteiger partial charge on any atom is -0.495 e. The van der Waals surface area contributed by atoms with Crippen molar-refractivity contribution in [2.75, 3.05) is 55.1 Å². The van der Waals surface area contributed by atoms with Crippen LogP contribution in [0.2, 0.25) is 10.0 Å². The van der Waals surface area contributed by atoms with Crippen LogP contribution in [-0.2, 0) is 32.5 Å². The largest absolute Gasteiger partial charge is 0.495 e. The first-order valence-electron chi connectivity index (χ1n) is 21.1. The first-order chi connectivity index (χ1) is 31.5. The Morgan fingerprint density at radius 1 is 0.606 bits per heavy atom. The number of rotatable bonds is 20. The Balaban J connectivity index is 0.000000248. The molecule has 6 rings (SSSR count). The van der Waals surface area contributed by atoms with Gasteiger partial charge in [0, 0.05) is 0 Å². The number of nitrogens with two attached hydrogens (primary N) is 1. The number of halogens is 2. The molecule has 0 bridgehead atoms. The molecule has 0 radical (unpaired) electrons. The summed E-state index contributed by atoms with van der Waals surface area (Å²) in [6.45, 7) is 10.9. The zero-order valence-corrected chi connectivity index (χ0v) is 41.0. The topological polar surface area (TPSA) is 224 Å². The number of benzene rings is 4. The van der Waals surface area contributed by atoms with Gasteiger partial charge in [-0.3, -0.25) is 0 Å². The number of hydrogen-bond donors (Lipinski definition) is 6. The molecule has 0 saturated carbocycles. The lowest BCUT2D eigenvalue weighted by molar-refractivity contribution is 0.416. The van der Waals surface area contributed by atoms with Crippen molar-refractivity contribution in [3.05, 3.63) is 118 Å². The van der Waals surface area contributed by atoms with Crippen LogP contribution in [0.3, 0.4) is 0 Å². The molecule has 66 heavy (non-hydrogen) atoms. The van der Waals surface area contributed by atoms with Gasteiger partial charge in [-0.15, -0.1) is 0 Å². The van der Waals surface area contributed by atoms with E-state index in [1.807, 2.05) is 36.4 Å². The molecule has 0 aliphatic rings. The number of hydrogen-bond acceptors (Lipinski definition) is 16. The van der Waals surface area contributed by atoms with Crippen LogP contribution in [0.15, 0.2) is 107 Å². The standard InChI is InChI=1S/C24H30ClN5O3S.C22H26ClN5O3S/c1-5-26-13-12-17-10-11-21(33-4)20(14-17)29-24-27-15-18(25)23(30-24)28-19-8-6-7-9-22(19)34(31,32)16(2)3;1-14(2)32(29,30)20-7-5-4-6-17(20)26-21-16(23)13-25-22(28-21)27-18-12-15(10-11-24)8-9-19(18)31-3/h6-11,14-16,26H,5,12-13H2,1-4H3,(H2,27,28,29,30);4-9,12-14H,10-11,24H2,1-3H3,(H2,25,26,27,28). The molecule has 0 unspecified atom stereocenters. The van der Waals surface area contributed by atoms with Gasteiger partial charge in [-0.1, -0.05) is 66.5 Å². The third kappa shape index (κ3) is 13.2. The van der Waals surface area contributed by atoms with E-state index in [1.165, 1.54) is 12.4 Å². The van der Waals surface area contributed by atoms with Crippen molar-refractivity contribution in [2.45, 2.75) is 67.8 Å². The molecule has 20 heteroatoms. The van der Waals surface area contributed by atoms with Crippen molar-refractivity contribution >= 4 is 89.2 Å². The second kappa shape index (κ2) is 23.6. The van der Waals surface area contributed by atoms with E-state index in [2.05, 4.69) is 53.4 Å². The summed E-state index contributed by atoms with van der Waals surface area (Å²) in [5.41, 5.74) is 10.00. The van der Waals surface area contributed by atoms with Gasteiger partial charge in [-0.05, 0) is 120 Å². The zero-order valence-electron chi connectivity index (χ0n) is 37.8. The molecule has 0 aliphatic carbocycles. The second-order valence-corrected chi connectivity index (χ2v) is 20.9. The number of nitrogens with zero attached hydrogens (tertiary/aromatic N) is 4. The van der Waals surface area contributed by atoms with Gasteiger partial charge < -0.3 is 41.8 Å². The van der Waals surface area contributed by atoms with Crippen LogP contribution in [0.4, 0.5) is 46.3 Å². The number of aromatic nitrogens is 4. The van der Waals surface area contributed by atoms with Gasteiger partial charge >= 0.3 is 0 Å². The Hall–Kier alpha value is -5.76. The van der Waals surface area contributed by atoms with Gasteiger partial charge in [-0.2, -0.15) is 9.97 Å². The van der Waals surface area contributed by atoms with Gasteiger partial charge in [-0.25, -0.2) is 26.8 Å². The second-order valence-electron chi connectivity index (χ2n) is 15.2. The fourth-order valence-electron chi connectivity index (χ4n) is 6.26. The molecule has 16 nitrogen and oxygen atoms in total. The Kier molecular flexibility index (Phi) is 18.3. The number of anilines is 8. The number of likely N-dealkylation sites (N-methyl/N-ethyl adjacent to an activating group) is 1.